The third kappa shape index (κ3) is 4.27. The van der Waals surface area contributed by atoms with Crippen molar-refractivity contribution in [3.63, 3.8) is 0 Å². The Bertz CT molecular complexity index is 463. The van der Waals surface area contributed by atoms with Gasteiger partial charge < -0.3 is 9.80 Å². The highest BCUT2D eigenvalue weighted by Gasteiger charge is 2.25. The van der Waals surface area contributed by atoms with Crippen molar-refractivity contribution < 1.29 is 4.79 Å². The Hall–Kier alpha value is -1.42. The number of aryl methyl sites for hydroxylation is 1. The van der Waals surface area contributed by atoms with E-state index in [0.717, 1.165) is 57.2 Å². The Labute approximate surface area is 128 Å². The van der Waals surface area contributed by atoms with Crippen LogP contribution in [0.4, 0.5) is 0 Å². The van der Waals surface area contributed by atoms with E-state index >= 15 is 0 Å². The fourth-order valence-corrected chi connectivity index (χ4v) is 2.99. The van der Waals surface area contributed by atoms with Gasteiger partial charge in [-0.15, -0.1) is 0 Å². The topological polar surface area (TPSA) is 36.4 Å². The molecule has 0 spiro atoms. The molecule has 0 bridgehead atoms. The van der Waals surface area contributed by atoms with Crippen LogP contribution in [0.1, 0.15) is 42.9 Å². The van der Waals surface area contributed by atoms with Crippen molar-refractivity contribution in [3.05, 3.63) is 29.6 Å². The van der Waals surface area contributed by atoms with E-state index in [1.807, 2.05) is 30.0 Å². The molecule has 1 fully saturated rings. The molecule has 0 radical (unpaired) electrons. The number of aromatic nitrogens is 1. The molecule has 21 heavy (non-hydrogen) atoms. The van der Waals surface area contributed by atoms with Crippen LogP contribution in [-0.4, -0.2) is 53.4 Å². The van der Waals surface area contributed by atoms with E-state index in [2.05, 4.69) is 23.7 Å². The molecule has 1 saturated heterocycles. The van der Waals surface area contributed by atoms with E-state index in [-0.39, 0.29) is 5.91 Å². The monoisotopic (exact) mass is 289 g/mol. The van der Waals surface area contributed by atoms with E-state index < -0.39 is 0 Å². The third-order valence-corrected chi connectivity index (χ3v) is 4.42. The summed E-state index contributed by atoms with van der Waals surface area (Å²) in [6.07, 6.45) is 2.21. The molecule has 1 aromatic rings. The lowest BCUT2D eigenvalue weighted by Crippen LogP contribution is -2.41. The van der Waals surface area contributed by atoms with Gasteiger partial charge in [0, 0.05) is 25.3 Å². The molecule has 2 rings (SSSR count). The molecule has 0 atom stereocenters. The summed E-state index contributed by atoms with van der Waals surface area (Å²) < 4.78 is 0. The molecule has 1 aromatic heterocycles. The standard InChI is InChI=1S/C17H27N3O/c1-4-19(5-2)13-15-9-11-20(12-10-15)17(21)16-8-6-7-14(3)18-16/h6-8,15H,4-5,9-13H2,1-3H3. The number of hydrogen-bond donors (Lipinski definition) is 0. The number of likely N-dealkylation sites (tertiary alicyclic amines) is 1. The van der Waals surface area contributed by atoms with Crippen molar-refractivity contribution in [1.29, 1.82) is 0 Å². The average molecular weight is 289 g/mol. The van der Waals surface area contributed by atoms with Crippen LogP contribution in [-0.2, 0) is 0 Å². The Balaban J connectivity index is 1.87. The number of carbonyl (C=O) groups is 1. The maximum Gasteiger partial charge on any atom is 0.272 e. The molecule has 0 aliphatic carbocycles. The fraction of sp³-hybridized carbons (Fsp3) is 0.647. The first kappa shape index (κ1) is 16.0. The molecule has 1 aliphatic heterocycles. The number of amides is 1. The quantitative estimate of drug-likeness (QED) is 0.836. The summed E-state index contributed by atoms with van der Waals surface area (Å²) in [4.78, 5) is 21.2. The first-order valence-corrected chi connectivity index (χ1v) is 8.09. The summed E-state index contributed by atoms with van der Waals surface area (Å²) in [7, 11) is 0. The maximum atomic E-state index is 12.4. The minimum atomic E-state index is 0.0833. The van der Waals surface area contributed by atoms with Crippen LogP contribution < -0.4 is 0 Å². The predicted molar refractivity (Wildman–Crippen MR) is 85.4 cm³/mol. The SMILES string of the molecule is CCN(CC)CC1CCN(C(=O)c2cccc(C)n2)CC1. The number of rotatable bonds is 5. The highest BCUT2D eigenvalue weighted by Crippen LogP contribution is 2.19. The molecular weight excluding hydrogens is 262 g/mol. The average Bonchev–Trinajstić information content (AvgIpc) is 2.52. The Morgan fingerprint density at radius 1 is 1.29 bits per heavy atom. The number of piperidine rings is 1. The molecule has 0 aromatic carbocycles. The fourth-order valence-electron chi connectivity index (χ4n) is 2.99. The van der Waals surface area contributed by atoms with Gasteiger partial charge in [-0.2, -0.15) is 0 Å². The Morgan fingerprint density at radius 2 is 1.95 bits per heavy atom. The molecule has 4 heteroatoms. The summed E-state index contributed by atoms with van der Waals surface area (Å²) in [6, 6.07) is 5.65. The number of nitrogens with zero attached hydrogens (tertiary/aromatic N) is 3. The van der Waals surface area contributed by atoms with Gasteiger partial charge in [0.05, 0.1) is 0 Å². The van der Waals surface area contributed by atoms with Crippen LogP contribution >= 0.6 is 0 Å². The van der Waals surface area contributed by atoms with Crippen LogP contribution in [0.25, 0.3) is 0 Å². The first-order chi connectivity index (χ1) is 10.1. The van der Waals surface area contributed by atoms with Gasteiger partial charge in [0.15, 0.2) is 0 Å². The van der Waals surface area contributed by atoms with Gasteiger partial charge in [-0.25, -0.2) is 4.98 Å². The van der Waals surface area contributed by atoms with E-state index in [1.165, 1.54) is 0 Å². The molecule has 0 N–H and O–H groups in total. The van der Waals surface area contributed by atoms with Gasteiger partial charge in [0.25, 0.3) is 5.91 Å². The zero-order valence-electron chi connectivity index (χ0n) is 13.5. The zero-order chi connectivity index (χ0) is 15.2. The van der Waals surface area contributed by atoms with Crippen molar-refractivity contribution in [1.82, 2.24) is 14.8 Å². The molecule has 0 unspecified atom stereocenters. The summed E-state index contributed by atoms with van der Waals surface area (Å²) in [6.45, 7) is 11.5. The molecule has 1 amide bonds. The van der Waals surface area contributed by atoms with E-state index in [0.29, 0.717) is 5.69 Å². The van der Waals surface area contributed by atoms with Gasteiger partial charge in [0.1, 0.15) is 5.69 Å². The van der Waals surface area contributed by atoms with Crippen molar-refractivity contribution in [2.45, 2.75) is 33.6 Å². The normalized spacial score (nSPS) is 16.5. The maximum absolute atomic E-state index is 12.4. The minimum Gasteiger partial charge on any atom is -0.337 e. The summed E-state index contributed by atoms with van der Waals surface area (Å²) in [5, 5.41) is 0. The Kier molecular flexibility index (Phi) is 5.74. The molecule has 0 saturated carbocycles. The molecule has 2 heterocycles. The lowest BCUT2D eigenvalue weighted by molar-refractivity contribution is 0.0663. The van der Waals surface area contributed by atoms with Gasteiger partial charge >= 0.3 is 0 Å². The zero-order valence-corrected chi connectivity index (χ0v) is 13.5. The summed E-state index contributed by atoms with van der Waals surface area (Å²) in [5.74, 6) is 0.805. The van der Waals surface area contributed by atoms with E-state index in [9.17, 15) is 4.79 Å². The van der Waals surface area contributed by atoms with Gasteiger partial charge in [-0.1, -0.05) is 19.9 Å². The summed E-state index contributed by atoms with van der Waals surface area (Å²) in [5.41, 5.74) is 1.48. The van der Waals surface area contributed by atoms with Crippen LogP contribution in [0.3, 0.4) is 0 Å². The van der Waals surface area contributed by atoms with Gasteiger partial charge in [0.2, 0.25) is 0 Å². The lowest BCUT2D eigenvalue weighted by Gasteiger charge is -2.34. The largest absolute Gasteiger partial charge is 0.337 e. The second-order valence-corrected chi connectivity index (χ2v) is 5.89. The van der Waals surface area contributed by atoms with Crippen molar-refractivity contribution >= 4 is 5.91 Å². The third-order valence-electron chi connectivity index (χ3n) is 4.42. The predicted octanol–water partition coefficient (Wildman–Crippen LogP) is 2.58. The number of hydrogen-bond acceptors (Lipinski definition) is 3. The highest BCUT2D eigenvalue weighted by atomic mass is 16.2. The number of carbonyl (C=O) groups excluding carboxylic acids is 1. The van der Waals surface area contributed by atoms with Gasteiger partial charge in [-0.3, -0.25) is 4.79 Å². The minimum absolute atomic E-state index is 0.0833. The Morgan fingerprint density at radius 3 is 2.52 bits per heavy atom. The van der Waals surface area contributed by atoms with E-state index in [4.69, 9.17) is 0 Å². The van der Waals surface area contributed by atoms with Gasteiger partial charge in [-0.05, 0) is 50.9 Å². The molecular formula is C17H27N3O. The second kappa shape index (κ2) is 7.55. The van der Waals surface area contributed by atoms with Crippen LogP contribution in [0.5, 0.6) is 0 Å². The lowest BCUT2D eigenvalue weighted by atomic mass is 9.96. The molecule has 4 nitrogen and oxygen atoms in total. The van der Waals surface area contributed by atoms with Crippen LogP contribution in [0, 0.1) is 12.8 Å². The van der Waals surface area contributed by atoms with Crippen LogP contribution in [0.2, 0.25) is 0 Å². The summed E-state index contributed by atoms with van der Waals surface area (Å²) >= 11 is 0. The molecule has 1 aliphatic rings. The highest BCUT2D eigenvalue weighted by molar-refractivity contribution is 5.92. The van der Waals surface area contributed by atoms with Crippen LogP contribution in [0.15, 0.2) is 18.2 Å². The van der Waals surface area contributed by atoms with Crippen molar-refractivity contribution in [2.24, 2.45) is 5.92 Å². The van der Waals surface area contributed by atoms with Crippen molar-refractivity contribution in [2.75, 3.05) is 32.7 Å². The molecule has 116 valence electrons. The second-order valence-electron chi connectivity index (χ2n) is 5.89. The van der Waals surface area contributed by atoms with E-state index in [1.54, 1.807) is 0 Å². The smallest absolute Gasteiger partial charge is 0.272 e. The first-order valence-electron chi connectivity index (χ1n) is 8.09. The number of pyridine rings is 1. The van der Waals surface area contributed by atoms with Crippen molar-refractivity contribution in [3.8, 4) is 0 Å².